The van der Waals surface area contributed by atoms with E-state index in [-0.39, 0.29) is 40.7 Å². The highest BCUT2D eigenvalue weighted by Gasteiger charge is 2.47. The zero-order chi connectivity index (χ0) is 28.7. The third-order valence-electron chi connectivity index (χ3n) is 8.67. The number of carbonyl (C=O) groups excluding carboxylic acids is 2. The average molecular weight is 555 g/mol. The summed E-state index contributed by atoms with van der Waals surface area (Å²) in [6, 6.07) is 8.44. The van der Waals surface area contributed by atoms with Gasteiger partial charge in [-0.2, -0.15) is 0 Å². The molecular formula is C30H43FN4O3Si. The first-order chi connectivity index (χ1) is 18.2. The van der Waals surface area contributed by atoms with Crippen LogP contribution < -0.4 is 15.5 Å². The van der Waals surface area contributed by atoms with E-state index in [1.54, 1.807) is 26.0 Å². The number of rotatable bonds is 8. The summed E-state index contributed by atoms with van der Waals surface area (Å²) in [5.74, 6) is 0.519. The van der Waals surface area contributed by atoms with E-state index in [9.17, 15) is 14.0 Å². The fourth-order valence-electron chi connectivity index (χ4n) is 5.28. The van der Waals surface area contributed by atoms with E-state index >= 15 is 0 Å². The van der Waals surface area contributed by atoms with Crippen molar-refractivity contribution in [2.45, 2.75) is 84.6 Å². The highest BCUT2D eigenvalue weighted by Crippen LogP contribution is 2.50. The number of nitrogens with one attached hydrogen (secondary N) is 2. The number of anilines is 2. The minimum absolute atomic E-state index is 0.00539. The fourth-order valence-corrected chi connectivity index (χ4v) is 6.33. The summed E-state index contributed by atoms with van der Waals surface area (Å²) in [5.41, 5.74) is 2.52. The lowest BCUT2D eigenvalue weighted by Gasteiger charge is -2.46. The van der Waals surface area contributed by atoms with Gasteiger partial charge in [0, 0.05) is 36.7 Å². The van der Waals surface area contributed by atoms with Gasteiger partial charge in [-0.15, -0.1) is 0 Å². The monoisotopic (exact) mass is 554 g/mol. The van der Waals surface area contributed by atoms with Gasteiger partial charge in [0.25, 0.3) is 5.91 Å². The third-order valence-corrected chi connectivity index (χ3v) is 13.2. The molecule has 212 valence electrons. The number of pyridine rings is 1. The predicted octanol–water partition coefficient (Wildman–Crippen LogP) is 6.22. The lowest BCUT2D eigenvalue weighted by molar-refractivity contribution is -0.117. The van der Waals surface area contributed by atoms with Crippen molar-refractivity contribution in [3.63, 3.8) is 0 Å². The molecule has 9 heteroatoms. The standard InChI is InChI=1S/C30H43FN4O3Si/c1-18-27(34-26-14-12-24(31)19(2)33-26)23-17-22(29(37)32-15-16-38-39(7,8)30(4,5)6)11-13-25(23)35(20(3)36)28(18)21-9-10-21/h11-14,17-18,21,27-28H,9-10,15-16H2,1-8H3,(H,32,37)(H,33,34)/t18-,27-,28-/m1/s1. The maximum absolute atomic E-state index is 13.9. The van der Waals surface area contributed by atoms with Crippen molar-refractivity contribution >= 4 is 31.6 Å². The van der Waals surface area contributed by atoms with Gasteiger partial charge in [-0.25, -0.2) is 9.37 Å². The second kappa shape index (κ2) is 11.0. The van der Waals surface area contributed by atoms with Crippen LogP contribution in [0.15, 0.2) is 30.3 Å². The Bertz CT molecular complexity index is 1240. The van der Waals surface area contributed by atoms with Gasteiger partial charge >= 0.3 is 0 Å². The number of fused-ring (bicyclic) bond motifs is 1. The molecule has 1 aromatic heterocycles. The van der Waals surface area contributed by atoms with Crippen LogP contribution in [0.4, 0.5) is 15.9 Å². The highest BCUT2D eigenvalue weighted by atomic mass is 28.4. The van der Waals surface area contributed by atoms with Gasteiger partial charge in [0.2, 0.25) is 5.91 Å². The summed E-state index contributed by atoms with van der Waals surface area (Å²) in [5, 5.41) is 6.61. The van der Waals surface area contributed by atoms with Crippen LogP contribution in [0.2, 0.25) is 18.1 Å². The second-order valence-electron chi connectivity index (χ2n) is 12.6. The van der Waals surface area contributed by atoms with Crippen molar-refractivity contribution in [1.29, 1.82) is 0 Å². The van der Waals surface area contributed by atoms with Crippen molar-refractivity contribution in [3.8, 4) is 0 Å². The van der Waals surface area contributed by atoms with E-state index < -0.39 is 8.32 Å². The molecule has 1 aromatic carbocycles. The molecule has 4 rings (SSSR count). The van der Waals surface area contributed by atoms with E-state index in [0.29, 0.717) is 36.1 Å². The number of aryl methyl sites for hydroxylation is 1. The molecule has 3 atom stereocenters. The summed E-state index contributed by atoms with van der Waals surface area (Å²) < 4.78 is 20.1. The van der Waals surface area contributed by atoms with Crippen LogP contribution in [0.3, 0.4) is 0 Å². The zero-order valence-corrected chi connectivity index (χ0v) is 25.5. The molecule has 2 aromatic rings. The quantitative estimate of drug-likeness (QED) is 0.299. The van der Waals surface area contributed by atoms with E-state index in [4.69, 9.17) is 4.43 Å². The van der Waals surface area contributed by atoms with Crippen molar-refractivity contribution in [2.75, 3.05) is 23.4 Å². The SMILES string of the molecule is CC(=O)N1c2ccc(C(=O)NCCO[Si](C)(C)C(C)(C)C)cc2[C@H](Nc2ccc(F)c(C)n2)[C@@H](C)[C@@H]1C1CC1. The van der Waals surface area contributed by atoms with Crippen LogP contribution in [0.5, 0.6) is 0 Å². The smallest absolute Gasteiger partial charge is 0.251 e. The zero-order valence-electron chi connectivity index (χ0n) is 24.5. The number of benzene rings is 1. The Morgan fingerprint density at radius 2 is 1.87 bits per heavy atom. The number of carbonyl (C=O) groups is 2. The Labute approximate surface area is 233 Å². The molecule has 1 saturated carbocycles. The summed E-state index contributed by atoms with van der Waals surface area (Å²) >= 11 is 0. The lowest BCUT2D eigenvalue weighted by Crippen LogP contribution is -2.51. The Morgan fingerprint density at radius 1 is 1.18 bits per heavy atom. The molecule has 2 amide bonds. The summed E-state index contributed by atoms with van der Waals surface area (Å²) in [4.78, 5) is 32.4. The maximum Gasteiger partial charge on any atom is 0.251 e. The molecular weight excluding hydrogens is 511 g/mol. The Balaban J connectivity index is 1.60. The minimum Gasteiger partial charge on any atom is -0.415 e. The van der Waals surface area contributed by atoms with E-state index in [0.717, 1.165) is 24.1 Å². The molecule has 0 bridgehead atoms. The van der Waals surface area contributed by atoms with Crippen LogP contribution in [-0.2, 0) is 9.22 Å². The van der Waals surface area contributed by atoms with Crippen molar-refractivity contribution < 1.29 is 18.4 Å². The predicted molar refractivity (Wildman–Crippen MR) is 156 cm³/mol. The van der Waals surface area contributed by atoms with Crippen LogP contribution in [0.1, 0.15) is 75.1 Å². The van der Waals surface area contributed by atoms with Crippen LogP contribution in [0, 0.1) is 24.6 Å². The molecule has 1 fully saturated rings. The van der Waals surface area contributed by atoms with Crippen molar-refractivity contribution in [2.24, 2.45) is 11.8 Å². The first kappa shape index (κ1) is 29.2. The highest BCUT2D eigenvalue weighted by molar-refractivity contribution is 6.74. The normalized spacial score (nSPS) is 21.4. The van der Waals surface area contributed by atoms with Gasteiger partial charge in [0.15, 0.2) is 8.32 Å². The fraction of sp³-hybridized carbons (Fsp3) is 0.567. The molecule has 1 aliphatic heterocycles. The number of hydrogen-bond acceptors (Lipinski definition) is 5. The lowest BCUT2D eigenvalue weighted by atomic mass is 9.79. The number of nitrogens with zero attached hydrogens (tertiary/aromatic N) is 2. The summed E-state index contributed by atoms with van der Waals surface area (Å²) in [6.07, 6.45) is 2.18. The molecule has 1 aliphatic carbocycles. The van der Waals surface area contributed by atoms with Gasteiger partial charge < -0.3 is 20.0 Å². The van der Waals surface area contributed by atoms with E-state index in [1.165, 1.54) is 6.07 Å². The molecule has 2 heterocycles. The first-order valence-corrected chi connectivity index (χ1v) is 16.9. The van der Waals surface area contributed by atoms with Gasteiger partial charge in [-0.1, -0.05) is 27.7 Å². The minimum atomic E-state index is -1.89. The molecule has 0 unspecified atom stereocenters. The van der Waals surface area contributed by atoms with Crippen LogP contribution in [-0.4, -0.2) is 44.3 Å². The topological polar surface area (TPSA) is 83.6 Å². The van der Waals surface area contributed by atoms with E-state index in [1.807, 2.05) is 17.0 Å². The number of halogens is 1. The molecule has 39 heavy (non-hydrogen) atoms. The first-order valence-electron chi connectivity index (χ1n) is 14.0. The van der Waals surface area contributed by atoms with Gasteiger partial charge in [-0.3, -0.25) is 9.59 Å². The number of amides is 2. The number of hydrogen-bond donors (Lipinski definition) is 2. The molecule has 0 spiro atoms. The van der Waals surface area contributed by atoms with E-state index in [2.05, 4.69) is 56.4 Å². The molecule has 2 N–H and O–H groups in total. The third kappa shape index (κ3) is 6.19. The maximum atomic E-state index is 13.9. The Hall–Kier alpha value is -2.78. The molecule has 0 saturated heterocycles. The second-order valence-corrected chi connectivity index (χ2v) is 17.4. The van der Waals surface area contributed by atoms with Crippen molar-refractivity contribution in [3.05, 3.63) is 53.0 Å². The largest absolute Gasteiger partial charge is 0.415 e. The van der Waals surface area contributed by atoms with Crippen LogP contribution >= 0.6 is 0 Å². The summed E-state index contributed by atoms with van der Waals surface area (Å²) in [6.45, 7) is 17.2. The average Bonchev–Trinajstić information content (AvgIpc) is 3.69. The summed E-state index contributed by atoms with van der Waals surface area (Å²) in [7, 11) is -1.89. The number of aromatic nitrogens is 1. The Kier molecular flexibility index (Phi) is 8.24. The molecule has 2 aliphatic rings. The van der Waals surface area contributed by atoms with Gasteiger partial charge in [0.1, 0.15) is 11.6 Å². The molecule has 7 nitrogen and oxygen atoms in total. The van der Waals surface area contributed by atoms with Crippen LogP contribution in [0.25, 0.3) is 0 Å². The molecule has 0 radical (unpaired) electrons. The van der Waals surface area contributed by atoms with Crippen molar-refractivity contribution in [1.82, 2.24) is 10.3 Å². The Morgan fingerprint density at radius 3 is 2.46 bits per heavy atom. The van der Waals surface area contributed by atoms with Gasteiger partial charge in [-0.05, 0) is 79.7 Å². The van der Waals surface area contributed by atoms with Gasteiger partial charge in [0.05, 0.1) is 18.3 Å².